The first-order valence-electron chi connectivity index (χ1n) is 2.95. The third-order valence-corrected chi connectivity index (χ3v) is 1.99. The van der Waals surface area contributed by atoms with Crippen LogP contribution in [0.15, 0.2) is 21.2 Å². The molecule has 0 fully saturated rings. The fraction of sp³-hybridized carbons (Fsp3) is 0.167. The summed E-state index contributed by atoms with van der Waals surface area (Å²) < 4.78 is 39.5. The number of aromatic nitrogens is 1. The summed E-state index contributed by atoms with van der Waals surface area (Å²) in [6, 6.07) is 1.41. The summed E-state index contributed by atoms with van der Waals surface area (Å²) in [6.45, 7) is 0. The highest BCUT2D eigenvalue weighted by Crippen LogP contribution is 2.29. The summed E-state index contributed by atoms with van der Waals surface area (Å²) in [5.74, 6) is -0.504. The minimum absolute atomic E-state index is 0.138. The molecule has 0 bridgehead atoms. The molecule has 0 aliphatic heterocycles. The van der Waals surface area contributed by atoms with Gasteiger partial charge in [-0.1, -0.05) is 0 Å². The smallest absolute Gasteiger partial charge is 0.387 e. The molecule has 0 atom stereocenters. The Balaban J connectivity index is 2.90. The molecule has 7 heteroatoms. The number of hydrogen-bond acceptors (Lipinski definition) is 2. The molecule has 0 saturated heterocycles. The van der Waals surface area contributed by atoms with Gasteiger partial charge in [0.15, 0.2) is 0 Å². The number of ether oxygens (including phenoxy) is 1. The van der Waals surface area contributed by atoms with Crippen LogP contribution in [-0.2, 0) is 0 Å². The Labute approximate surface area is 88.4 Å². The predicted octanol–water partition coefficient (Wildman–Crippen LogP) is 3.51. The van der Waals surface area contributed by atoms with Crippen LogP contribution >= 0.6 is 31.9 Å². The Morgan fingerprint density at radius 3 is 2.38 bits per heavy atom. The minimum Gasteiger partial charge on any atom is -0.387 e. The molecule has 1 aromatic heterocycles. The van der Waals surface area contributed by atoms with Crippen LogP contribution in [0.2, 0.25) is 0 Å². The molecule has 0 aromatic carbocycles. The van der Waals surface area contributed by atoms with E-state index in [0.717, 1.165) is 0 Å². The summed E-state index contributed by atoms with van der Waals surface area (Å²) in [7, 11) is 0. The maximum absolute atomic E-state index is 11.7. The van der Waals surface area contributed by atoms with Crippen LogP contribution in [0, 0.1) is 0 Å². The highest BCUT2D eigenvalue weighted by atomic mass is 79.9. The van der Waals surface area contributed by atoms with Gasteiger partial charge in [-0.3, -0.25) is 0 Å². The van der Waals surface area contributed by atoms with E-state index in [1.165, 1.54) is 12.3 Å². The van der Waals surface area contributed by atoms with Gasteiger partial charge in [0.2, 0.25) is 5.88 Å². The average molecular weight is 321 g/mol. The highest BCUT2D eigenvalue weighted by molar-refractivity contribution is 9.11. The van der Waals surface area contributed by atoms with Gasteiger partial charge in [-0.2, -0.15) is 0 Å². The molecule has 0 spiro atoms. The van der Waals surface area contributed by atoms with Crippen LogP contribution in [0.3, 0.4) is 0 Å². The zero-order valence-electron chi connectivity index (χ0n) is 5.90. The van der Waals surface area contributed by atoms with Gasteiger partial charge in [-0.15, -0.1) is 13.2 Å². The Hall–Kier alpha value is -0.300. The number of nitrogens with zero attached hydrogens (tertiary/aromatic N) is 1. The van der Waals surface area contributed by atoms with Crippen LogP contribution in [-0.4, -0.2) is 11.3 Å². The molecule has 0 unspecified atom stereocenters. The molecule has 0 aliphatic rings. The van der Waals surface area contributed by atoms with E-state index in [0.29, 0.717) is 4.47 Å². The SMILES string of the molecule is FC(F)(F)Oc1ncc(Br)cc1Br. The molecule has 0 amide bonds. The third-order valence-electron chi connectivity index (χ3n) is 0.986. The molecular weight excluding hydrogens is 319 g/mol. The van der Waals surface area contributed by atoms with Crippen LogP contribution in [0.4, 0.5) is 13.2 Å². The zero-order chi connectivity index (χ0) is 10.1. The number of alkyl halides is 3. The van der Waals surface area contributed by atoms with E-state index in [-0.39, 0.29) is 4.47 Å². The van der Waals surface area contributed by atoms with Gasteiger partial charge in [-0.05, 0) is 37.9 Å². The minimum atomic E-state index is -4.72. The molecule has 72 valence electrons. The van der Waals surface area contributed by atoms with Gasteiger partial charge < -0.3 is 4.74 Å². The zero-order valence-corrected chi connectivity index (χ0v) is 9.07. The standard InChI is InChI=1S/C6H2Br2F3NO/c7-3-1-4(8)5(12-2-3)13-6(9,10)11/h1-2H. The van der Waals surface area contributed by atoms with Gasteiger partial charge in [0.1, 0.15) is 0 Å². The molecule has 0 aliphatic carbocycles. The maximum Gasteiger partial charge on any atom is 0.574 e. The molecule has 2 nitrogen and oxygen atoms in total. The van der Waals surface area contributed by atoms with Gasteiger partial charge in [0, 0.05) is 10.7 Å². The predicted molar refractivity (Wildman–Crippen MR) is 46.3 cm³/mol. The maximum atomic E-state index is 11.7. The van der Waals surface area contributed by atoms with Gasteiger partial charge in [0.05, 0.1) is 4.47 Å². The number of halogens is 5. The van der Waals surface area contributed by atoms with E-state index < -0.39 is 12.2 Å². The van der Waals surface area contributed by atoms with Gasteiger partial charge in [0.25, 0.3) is 0 Å². The lowest BCUT2D eigenvalue weighted by Crippen LogP contribution is -2.18. The second-order valence-electron chi connectivity index (χ2n) is 1.99. The molecule has 1 aromatic rings. The molecule has 0 N–H and O–H groups in total. The number of pyridine rings is 1. The van der Waals surface area contributed by atoms with Crippen LogP contribution in [0.1, 0.15) is 0 Å². The Morgan fingerprint density at radius 2 is 1.92 bits per heavy atom. The normalized spacial score (nSPS) is 11.5. The number of rotatable bonds is 1. The van der Waals surface area contributed by atoms with Crippen molar-refractivity contribution in [2.75, 3.05) is 0 Å². The van der Waals surface area contributed by atoms with E-state index >= 15 is 0 Å². The lowest BCUT2D eigenvalue weighted by molar-refractivity contribution is -0.276. The van der Waals surface area contributed by atoms with Crippen molar-refractivity contribution in [1.82, 2.24) is 4.98 Å². The quantitative estimate of drug-likeness (QED) is 0.790. The first-order valence-corrected chi connectivity index (χ1v) is 4.54. The summed E-state index contributed by atoms with van der Waals surface area (Å²) in [5.41, 5.74) is 0. The van der Waals surface area contributed by atoms with Crippen molar-refractivity contribution in [2.45, 2.75) is 6.36 Å². The second kappa shape index (κ2) is 3.83. The van der Waals surface area contributed by atoms with E-state index in [1.807, 2.05) is 0 Å². The Kier molecular flexibility index (Phi) is 3.18. The summed E-state index contributed by atoms with van der Waals surface area (Å²) in [6.07, 6.45) is -3.50. The van der Waals surface area contributed by atoms with Crippen molar-refractivity contribution in [2.24, 2.45) is 0 Å². The Morgan fingerprint density at radius 1 is 1.31 bits per heavy atom. The highest BCUT2D eigenvalue weighted by Gasteiger charge is 2.32. The summed E-state index contributed by atoms with van der Waals surface area (Å²) >= 11 is 5.93. The van der Waals surface area contributed by atoms with Crippen molar-refractivity contribution in [3.05, 3.63) is 21.2 Å². The van der Waals surface area contributed by atoms with Crippen molar-refractivity contribution in [3.8, 4) is 5.88 Å². The molecule has 0 radical (unpaired) electrons. The Bertz CT molecular complexity index is 315. The monoisotopic (exact) mass is 319 g/mol. The van der Waals surface area contributed by atoms with E-state index in [4.69, 9.17) is 0 Å². The fourth-order valence-electron chi connectivity index (χ4n) is 0.587. The van der Waals surface area contributed by atoms with Crippen molar-refractivity contribution in [3.63, 3.8) is 0 Å². The lowest BCUT2D eigenvalue weighted by Gasteiger charge is -2.08. The first kappa shape index (κ1) is 10.8. The van der Waals surface area contributed by atoms with Crippen LogP contribution in [0.25, 0.3) is 0 Å². The first-order chi connectivity index (χ1) is 5.88. The molecular formula is C6H2Br2F3NO. The van der Waals surface area contributed by atoms with Gasteiger partial charge >= 0.3 is 6.36 Å². The van der Waals surface area contributed by atoms with E-state index in [1.54, 1.807) is 0 Å². The second-order valence-corrected chi connectivity index (χ2v) is 3.76. The van der Waals surface area contributed by atoms with Crippen molar-refractivity contribution in [1.29, 1.82) is 0 Å². The van der Waals surface area contributed by atoms with Gasteiger partial charge in [-0.25, -0.2) is 4.98 Å². The fourth-order valence-corrected chi connectivity index (χ4v) is 1.66. The average Bonchev–Trinajstić information content (AvgIpc) is 1.93. The van der Waals surface area contributed by atoms with Crippen LogP contribution < -0.4 is 4.74 Å². The molecule has 1 heterocycles. The van der Waals surface area contributed by atoms with E-state index in [9.17, 15) is 13.2 Å². The van der Waals surface area contributed by atoms with Crippen molar-refractivity contribution >= 4 is 31.9 Å². The van der Waals surface area contributed by atoms with Crippen LogP contribution in [0.5, 0.6) is 5.88 Å². The lowest BCUT2D eigenvalue weighted by atomic mass is 10.5. The third kappa shape index (κ3) is 3.51. The number of hydrogen-bond donors (Lipinski definition) is 0. The molecule has 13 heavy (non-hydrogen) atoms. The molecule has 0 saturated carbocycles. The van der Waals surface area contributed by atoms with E-state index in [2.05, 4.69) is 41.6 Å². The molecule has 1 rings (SSSR count). The largest absolute Gasteiger partial charge is 0.574 e. The summed E-state index contributed by atoms with van der Waals surface area (Å²) in [5, 5.41) is 0. The topological polar surface area (TPSA) is 22.1 Å². The summed E-state index contributed by atoms with van der Waals surface area (Å²) in [4.78, 5) is 3.43. The van der Waals surface area contributed by atoms with Crippen molar-refractivity contribution < 1.29 is 17.9 Å².